The minimum absolute atomic E-state index is 0.00693. The summed E-state index contributed by atoms with van der Waals surface area (Å²) in [5, 5.41) is 10.8. The highest BCUT2D eigenvalue weighted by Crippen LogP contribution is 2.61. The SMILES string of the molecule is CCCN(C(=O)COC(=O)C12C[C@@H]3C[C@@H](CC(O)(C3)C1)C2)[C@@H]1CCS(=O)(=O)C1. The molecule has 0 radical (unpaired) electrons. The number of rotatable bonds is 6. The van der Waals surface area contributed by atoms with E-state index in [4.69, 9.17) is 4.74 Å². The lowest BCUT2D eigenvalue weighted by Gasteiger charge is -2.58. The second-order valence-corrected chi connectivity index (χ2v) is 11.9. The Bertz CT molecular complexity index is 749. The van der Waals surface area contributed by atoms with Crippen LogP contribution in [0.25, 0.3) is 0 Å². The highest BCUT2D eigenvalue weighted by molar-refractivity contribution is 7.91. The van der Waals surface area contributed by atoms with Crippen LogP contribution in [-0.2, 0) is 24.2 Å². The molecule has 5 fully saturated rings. The van der Waals surface area contributed by atoms with Crippen LogP contribution in [0.3, 0.4) is 0 Å². The van der Waals surface area contributed by atoms with Crippen molar-refractivity contribution in [3.05, 3.63) is 0 Å². The van der Waals surface area contributed by atoms with E-state index in [1.807, 2.05) is 6.92 Å². The Morgan fingerprint density at radius 2 is 1.86 bits per heavy atom. The quantitative estimate of drug-likeness (QED) is 0.659. The van der Waals surface area contributed by atoms with Gasteiger partial charge in [0.25, 0.3) is 5.91 Å². The van der Waals surface area contributed by atoms with Gasteiger partial charge in [-0.1, -0.05) is 6.92 Å². The number of ether oxygens (including phenoxy) is 1. The number of hydrogen-bond donors (Lipinski definition) is 1. The number of nitrogens with zero attached hydrogens (tertiary/aromatic N) is 1. The lowest BCUT2D eigenvalue weighted by molar-refractivity contribution is -0.197. The number of amides is 1. The molecule has 0 aromatic heterocycles. The van der Waals surface area contributed by atoms with E-state index in [0.717, 1.165) is 38.5 Å². The number of aliphatic hydroxyl groups is 1. The van der Waals surface area contributed by atoms with Gasteiger partial charge in [0.15, 0.2) is 16.4 Å². The van der Waals surface area contributed by atoms with Crippen molar-refractivity contribution in [1.29, 1.82) is 0 Å². The molecule has 28 heavy (non-hydrogen) atoms. The van der Waals surface area contributed by atoms with E-state index in [1.54, 1.807) is 4.90 Å². The Labute approximate surface area is 166 Å². The zero-order valence-corrected chi connectivity index (χ0v) is 17.4. The smallest absolute Gasteiger partial charge is 0.312 e. The Kier molecular flexibility index (Phi) is 5.01. The molecule has 2 unspecified atom stereocenters. The molecule has 0 aromatic carbocycles. The minimum atomic E-state index is -3.09. The fraction of sp³-hybridized carbons (Fsp3) is 0.900. The molecule has 5 rings (SSSR count). The molecule has 8 heteroatoms. The number of carbonyl (C=O) groups is 2. The van der Waals surface area contributed by atoms with Crippen molar-refractivity contribution in [2.45, 2.75) is 69.9 Å². The van der Waals surface area contributed by atoms with E-state index >= 15 is 0 Å². The van der Waals surface area contributed by atoms with Gasteiger partial charge in [-0.25, -0.2) is 8.42 Å². The zero-order valence-electron chi connectivity index (χ0n) is 16.6. The van der Waals surface area contributed by atoms with E-state index in [2.05, 4.69) is 0 Å². The van der Waals surface area contributed by atoms with Crippen molar-refractivity contribution in [3.63, 3.8) is 0 Å². The lowest BCUT2D eigenvalue weighted by Crippen LogP contribution is -2.58. The molecule has 4 aliphatic carbocycles. The second-order valence-electron chi connectivity index (χ2n) is 9.69. The maximum Gasteiger partial charge on any atom is 0.312 e. The van der Waals surface area contributed by atoms with Crippen molar-refractivity contribution >= 4 is 21.7 Å². The van der Waals surface area contributed by atoms with Crippen molar-refractivity contribution < 1.29 is 27.9 Å². The predicted molar refractivity (Wildman–Crippen MR) is 102 cm³/mol. The molecule has 4 saturated carbocycles. The molecule has 1 amide bonds. The first-order valence-corrected chi connectivity index (χ1v) is 12.4. The fourth-order valence-electron chi connectivity index (χ4n) is 6.59. The van der Waals surface area contributed by atoms with E-state index in [0.29, 0.717) is 31.2 Å². The molecule has 1 heterocycles. The average Bonchev–Trinajstić information content (AvgIpc) is 2.94. The molecular weight excluding hydrogens is 382 g/mol. The Hall–Kier alpha value is -1.15. The van der Waals surface area contributed by atoms with Gasteiger partial charge in [-0.05, 0) is 63.2 Å². The van der Waals surface area contributed by atoms with Crippen LogP contribution in [0.1, 0.15) is 58.3 Å². The molecule has 4 bridgehead atoms. The summed E-state index contributed by atoms with van der Waals surface area (Å²) in [5.74, 6) is 0.164. The molecule has 0 spiro atoms. The van der Waals surface area contributed by atoms with Crippen LogP contribution in [0, 0.1) is 17.3 Å². The number of hydrogen-bond acceptors (Lipinski definition) is 6. The number of esters is 1. The molecule has 1 aliphatic heterocycles. The molecule has 158 valence electrons. The largest absolute Gasteiger partial charge is 0.455 e. The average molecular weight is 414 g/mol. The van der Waals surface area contributed by atoms with E-state index in [-0.39, 0.29) is 36.0 Å². The summed E-state index contributed by atoms with van der Waals surface area (Å²) in [4.78, 5) is 27.3. The monoisotopic (exact) mass is 413 g/mol. The van der Waals surface area contributed by atoms with Gasteiger partial charge in [-0.15, -0.1) is 0 Å². The minimum Gasteiger partial charge on any atom is -0.455 e. The van der Waals surface area contributed by atoms with Crippen molar-refractivity contribution in [3.8, 4) is 0 Å². The molecule has 0 aromatic rings. The van der Waals surface area contributed by atoms with Crippen molar-refractivity contribution in [2.75, 3.05) is 24.7 Å². The van der Waals surface area contributed by atoms with Gasteiger partial charge in [0.2, 0.25) is 0 Å². The van der Waals surface area contributed by atoms with E-state index < -0.39 is 20.9 Å². The second kappa shape index (κ2) is 6.97. The molecule has 1 saturated heterocycles. The maximum atomic E-state index is 12.9. The first kappa shape index (κ1) is 20.1. The van der Waals surface area contributed by atoms with E-state index in [9.17, 15) is 23.1 Å². The van der Waals surface area contributed by atoms with Crippen molar-refractivity contribution in [2.24, 2.45) is 17.3 Å². The van der Waals surface area contributed by atoms with Crippen LogP contribution in [0.4, 0.5) is 0 Å². The standard InChI is InChI=1S/C20H31NO6S/c1-2-4-21(16-3-5-28(25,26)12-16)17(22)11-27-18(23)19-7-14-6-15(8-19)10-20(24,9-14)13-19/h14-16,24H,2-13H2,1H3/t14-,15+,16-,19?,20?/m1/s1. The third-order valence-electron chi connectivity index (χ3n) is 7.22. The Balaban J connectivity index is 1.39. The predicted octanol–water partition coefficient (Wildman–Crippen LogP) is 1.29. The van der Waals surface area contributed by atoms with Crippen LogP contribution in [0.2, 0.25) is 0 Å². The normalized spacial score (nSPS) is 40.4. The summed E-state index contributed by atoms with van der Waals surface area (Å²) < 4.78 is 29.0. The molecule has 7 nitrogen and oxygen atoms in total. The van der Waals surface area contributed by atoms with Gasteiger partial charge in [-0.2, -0.15) is 0 Å². The number of sulfone groups is 1. The summed E-state index contributed by atoms with van der Waals surface area (Å²) in [5.41, 5.74) is -1.40. The summed E-state index contributed by atoms with van der Waals surface area (Å²) >= 11 is 0. The summed E-state index contributed by atoms with van der Waals surface area (Å²) in [6.45, 7) is 2.06. The van der Waals surface area contributed by atoms with Crippen LogP contribution >= 0.6 is 0 Å². The topological polar surface area (TPSA) is 101 Å². The maximum absolute atomic E-state index is 12.9. The van der Waals surface area contributed by atoms with Gasteiger partial charge < -0.3 is 14.7 Å². The third-order valence-corrected chi connectivity index (χ3v) is 8.97. The highest BCUT2D eigenvalue weighted by atomic mass is 32.2. The lowest BCUT2D eigenvalue weighted by atomic mass is 9.48. The summed E-state index contributed by atoms with van der Waals surface area (Å²) in [7, 11) is -3.09. The molecular formula is C20H31NO6S. The van der Waals surface area contributed by atoms with E-state index in [1.165, 1.54) is 0 Å². The summed E-state index contributed by atoms with van der Waals surface area (Å²) in [6.07, 6.45) is 5.74. The van der Waals surface area contributed by atoms with Gasteiger partial charge in [0.1, 0.15) is 0 Å². The summed E-state index contributed by atoms with van der Waals surface area (Å²) in [6, 6.07) is -0.323. The van der Waals surface area contributed by atoms with Crippen molar-refractivity contribution in [1.82, 2.24) is 4.90 Å². The highest BCUT2D eigenvalue weighted by Gasteiger charge is 2.61. The van der Waals surface area contributed by atoms with Crippen LogP contribution in [-0.4, -0.2) is 66.6 Å². The van der Waals surface area contributed by atoms with Crippen LogP contribution in [0.15, 0.2) is 0 Å². The Morgan fingerprint density at radius 3 is 2.39 bits per heavy atom. The molecule has 1 N–H and O–H groups in total. The van der Waals surface area contributed by atoms with Crippen LogP contribution < -0.4 is 0 Å². The van der Waals surface area contributed by atoms with Gasteiger partial charge in [0, 0.05) is 12.6 Å². The first-order chi connectivity index (χ1) is 13.1. The van der Waals surface area contributed by atoms with Crippen LogP contribution in [0.5, 0.6) is 0 Å². The third kappa shape index (κ3) is 3.70. The first-order valence-electron chi connectivity index (χ1n) is 10.5. The Morgan fingerprint density at radius 1 is 1.18 bits per heavy atom. The number of carbonyl (C=O) groups excluding carboxylic acids is 2. The molecule has 5 atom stereocenters. The zero-order chi connectivity index (χ0) is 20.2. The van der Waals surface area contributed by atoms with Gasteiger partial charge >= 0.3 is 5.97 Å². The molecule has 5 aliphatic rings. The fourth-order valence-corrected chi connectivity index (χ4v) is 8.32. The van der Waals surface area contributed by atoms with Gasteiger partial charge in [-0.3, -0.25) is 9.59 Å². The van der Waals surface area contributed by atoms with Gasteiger partial charge in [0.05, 0.1) is 22.5 Å².